The first-order chi connectivity index (χ1) is 15.5. The molecular formula is C27H29N3O3. The summed E-state index contributed by atoms with van der Waals surface area (Å²) in [5.74, 6) is -0.514. The van der Waals surface area contributed by atoms with Crippen molar-refractivity contribution in [1.82, 2.24) is 4.90 Å². The van der Waals surface area contributed by atoms with Crippen LogP contribution >= 0.6 is 0 Å². The third-order valence-corrected chi connectivity index (χ3v) is 6.46. The molecule has 0 radical (unpaired) electrons. The molecule has 6 heteroatoms. The fourth-order valence-electron chi connectivity index (χ4n) is 4.85. The van der Waals surface area contributed by atoms with Crippen molar-refractivity contribution in [2.75, 3.05) is 6.54 Å². The number of nitrogens with two attached hydrogens (primary N) is 1. The highest BCUT2D eigenvalue weighted by atomic mass is 16.6. The molecule has 0 saturated carbocycles. The lowest BCUT2D eigenvalue weighted by molar-refractivity contribution is 0.0224. The molecule has 2 aliphatic rings. The number of hydrogen-bond acceptors (Lipinski definition) is 4. The van der Waals surface area contributed by atoms with E-state index >= 15 is 0 Å². The van der Waals surface area contributed by atoms with E-state index in [9.17, 15) is 14.9 Å². The van der Waals surface area contributed by atoms with Gasteiger partial charge in [0.05, 0.1) is 11.6 Å². The molecule has 4 rings (SSSR count). The third kappa shape index (κ3) is 4.00. The predicted molar refractivity (Wildman–Crippen MR) is 127 cm³/mol. The number of primary amides is 1. The van der Waals surface area contributed by atoms with Gasteiger partial charge in [0.25, 0.3) is 0 Å². The highest BCUT2D eigenvalue weighted by Crippen LogP contribution is 2.44. The van der Waals surface area contributed by atoms with Crippen LogP contribution < -0.4 is 5.73 Å². The summed E-state index contributed by atoms with van der Waals surface area (Å²) < 4.78 is 5.56. The molecular weight excluding hydrogens is 414 g/mol. The first kappa shape index (κ1) is 22.6. The van der Waals surface area contributed by atoms with E-state index in [-0.39, 0.29) is 6.09 Å². The number of allylic oxidation sites excluding steroid dienone is 2. The second-order valence-electron chi connectivity index (χ2n) is 9.85. The number of fused-ring (bicyclic) bond motifs is 2. The van der Waals surface area contributed by atoms with Crippen LogP contribution in [0.15, 0.2) is 29.8 Å². The Labute approximate surface area is 194 Å². The number of amides is 2. The minimum atomic E-state index is -0.550. The molecule has 2 amide bonds. The maximum Gasteiger partial charge on any atom is 0.410 e. The molecule has 33 heavy (non-hydrogen) atoms. The monoisotopic (exact) mass is 443 g/mol. The van der Waals surface area contributed by atoms with Crippen molar-refractivity contribution in [2.24, 2.45) is 5.73 Å². The summed E-state index contributed by atoms with van der Waals surface area (Å²) in [6, 6.07) is 9.95. The molecule has 0 spiro atoms. The Hall–Kier alpha value is -3.59. The zero-order chi connectivity index (χ0) is 24.1. The smallest absolute Gasteiger partial charge is 0.410 e. The first-order valence-corrected chi connectivity index (χ1v) is 11.2. The van der Waals surface area contributed by atoms with Gasteiger partial charge in [0, 0.05) is 24.2 Å². The molecule has 2 aromatic carbocycles. The van der Waals surface area contributed by atoms with Gasteiger partial charge in [0.1, 0.15) is 5.60 Å². The van der Waals surface area contributed by atoms with Gasteiger partial charge in [0.2, 0.25) is 5.91 Å². The van der Waals surface area contributed by atoms with Gasteiger partial charge in [-0.2, -0.15) is 5.26 Å². The lowest BCUT2D eigenvalue weighted by atomic mass is 9.83. The van der Waals surface area contributed by atoms with Crippen LogP contribution in [0.5, 0.6) is 0 Å². The minimum Gasteiger partial charge on any atom is -0.444 e. The zero-order valence-electron chi connectivity index (χ0n) is 19.8. The van der Waals surface area contributed by atoms with Crippen molar-refractivity contribution in [1.29, 1.82) is 5.26 Å². The number of hydrogen-bond donors (Lipinski definition) is 1. The van der Waals surface area contributed by atoms with Gasteiger partial charge in [0.15, 0.2) is 0 Å². The summed E-state index contributed by atoms with van der Waals surface area (Å²) in [4.78, 5) is 26.5. The van der Waals surface area contributed by atoms with Crippen molar-refractivity contribution in [3.8, 4) is 17.2 Å². The number of carbonyl (C=O) groups excluding carboxylic acids is 2. The van der Waals surface area contributed by atoms with Gasteiger partial charge in [-0.25, -0.2) is 4.79 Å². The molecule has 0 bridgehead atoms. The van der Waals surface area contributed by atoms with Crippen LogP contribution in [0.3, 0.4) is 0 Å². The number of nitrogens with zero attached hydrogens (tertiary/aromatic N) is 2. The normalized spacial score (nSPS) is 15.1. The predicted octanol–water partition coefficient (Wildman–Crippen LogP) is 4.97. The zero-order valence-corrected chi connectivity index (χ0v) is 19.8. The molecule has 1 heterocycles. The molecule has 0 atom stereocenters. The summed E-state index contributed by atoms with van der Waals surface area (Å²) in [6.45, 7) is 10.7. The third-order valence-electron chi connectivity index (χ3n) is 6.46. The summed E-state index contributed by atoms with van der Waals surface area (Å²) in [5, 5.41) is 10.0. The number of carbonyl (C=O) groups is 2. The van der Waals surface area contributed by atoms with Crippen molar-refractivity contribution in [3.63, 3.8) is 0 Å². The van der Waals surface area contributed by atoms with E-state index in [1.807, 2.05) is 45.9 Å². The van der Waals surface area contributed by atoms with Gasteiger partial charge in [-0.15, -0.1) is 0 Å². The van der Waals surface area contributed by atoms with Crippen LogP contribution in [0.4, 0.5) is 4.79 Å². The number of rotatable bonds is 2. The average molecular weight is 444 g/mol. The lowest BCUT2D eigenvalue weighted by Crippen LogP contribution is -2.40. The first-order valence-electron chi connectivity index (χ1n) is 11.2. The van der Waals surface area contributed by atoms with E-state index in [0.29, 0.717) is 37.1 Å². The van der Waals surface area contributed by atoms with Gasteiger partial charge in [-0.05, 0) is 86.9 Å². The molecule has 170 valence electrons. The molecule has 0 unspecified atom stereocenters. The summed E-state index contributed by atoms with van der Waals surface area (Å²) in [7, 11) is 0. The topological polar surface area (TPSA) is 96.4 Å². The molecule has 2 N–H and O–H groups in total. The molecule has 0 aromatic heterocycles. The van der Waals surface area contributed by atoms with E-state index in [2.05, 4.69) is 13.0 Å². The number of benzene rings is 2. The van der Waals surface area contributed by atoms with E-state index in [1.54, 1.807) is 11.0 Å². The van der Waals surface area contributed by atoms with Crippen LogP contribution in [0.2, 0.25) is 0 Å². The van der Waals surface area contributed by atoms with Crippen molar-refractivity contribution < 1.29 is 14.3 Å². The Morgan fingerprint density at radius 1 is 1.15 bits per heavy atom. The van der Waals surface area contributed by atoms with Crippen molar-refractivity contribution in [3.05, 3.63) is 63.2 Å². The molecule has 0 saturated heterocycles. The van der Waals surface area contributed by atoms with Crippen LogP contribution in [-0.2, 0) is 24.1 Å². The number of ether oxygens (including phenoxy) is 1. The Morgan fingerprint density at radius 3 is 2.52 bits per heavy atom. The Bertz CT molecular complexity index is 1260. The summed E-state index contributed by atoms with van der Waals surface area (Å²) in [6.07, 6.45) is 0.987. The second kappa shape index (κ2) is 8.08. The molecule has 6 nitrogen and oxygen atoms in total. The van der Waals surface area contributed by atoms with E-state index in [4.69, 9.17) is 10.5 Å². The Kier molecular flexibility index (Phi) is 5.53. The van der Waals surface area contributed by atoms with Gasteiger partial charge < -0.3 is 15.4 Å². The highest BCUT2D eigenvalue weighted by molar-refractivity contribution is 6.01. The molecule has 1 aliphatic carbocycles. The Morgan fingerprint density at radius 2 is 1.88 bits per heavy atom. The lowest BCUT2D eigenvalue weighted by Gasteiger charge is -2.32. The van der Waals surface area contributed by atoms with Crippen molar-refractivity contribution in [2.45, 2.75) is 59.6 Å². The van der Waals surface area contributed by atoms with E-state index in [1.165, 1.54) is 5.57 Å². The maximum atomic E-state index is 12.6. The van der Waals surface area contributed by atoms with Crippen LogP contribution in [0, 0.1) is 11.3 Å². The summed E-state index contributed by atoms with van der Waals surface area (Å²) in [5.41, 5.74) is 14.1. The van der Waals surface area contributed by atoms with Crippen LogP contribution in [-0.4, -0.2) is 29.0 Å². The van der Waals surface area contributed by atoms with Gasteiger partial charge in [-0.1, -0.05) is 23.8 Å². The van der Waals surface area contributed by atoms with Gasteiger partial charge in [-0.3, -0.25) is 4.79 Å². The molecule has 2 aromatic rings. The van der Waals surface area contributed by atoms with E-state index in [0.717, 1.165) is 39.0 Å². The van der Waals surface area contributed by atoms with E-state index < -0.39 is 11.5 Å². The second-order valence-corrected chi connectivity index (χ2v) is 9.85. The fraction of sp³-hybridized carbons (Fsp3) is 0.370. The van der Waals surface area contributed by atoms with Crippen LogP contribution in [0.25, 0.3) is 16.7 Å². The minimum absolute atomic E-state index is 0.322. The largest absolute Gasteiger partial charge is 0.444 e. The Balaban J connectivity index is 1.85. The average Bonchev–Trinajstić information content (AvgIpc) is 3.04. The maximum absolute atomic E-state index is 12.6. The molecule has 1 aliphatic heterocycles. The summed E-state index contributed by atoms with van der Waals surface area (Å²) >= 11 is 0. The standard InChI is InChI=1S/C27H29N3O3/c1-15-11-21-22(25(29)31)12-18(13-28)24(23(21)16(15)2)20-8-6-7-17-14-30(10-9-19(17)20)26(32)33-27(3,4)5/h6-8,12H,9-11,14H2,1-5H3,(H2,29,31). The number of nitriles is 1. The highest BCUT2D eigenvalue weighted by Gasteiger charge is 2.31. The fourth-order valence-corrected chi connectivity index (χ4v) is 4.85. The van der Waals surface area contributed by atoms with Crippen molar-refractivity contribution >= 4 is 17.6 Å². The van der Waals surface area contributed by atoms with Gasteiger partial charge >= 0.3 is 6.09 Å². The molecule has 0 fully saturated rings. The SMILES string of the molecule is CC1=C(C)c2c(c(C(N)=O)cc(C#N)c2-c2cccc3c2CCN(C(=O)OC(C)(C)C)C3)C1. The van der Waals surface area contributed by atoms with Crippen LogP contribution in [0.1, 0.15) is 72.8 Å². The quantitative estimate of drug-likeness (QED) is 0.709.